The fraction of sp³-hybridized carbons (Fsp3) is 0.273. The summed E-state index contributed by atoms with van der Waals surface area (Å²) in [4.78, 5) is 10.5. The Morgan fingerprint density at radius 1 is 1.20 bits per heavy atom. The molecule has 0 aliphatic carbocycles. The lowest BCUT2D eigenvalue weighted by Crippen LogP contribution is -2.40. The maximum Gasteiger partial charge on any atom is 0.193 e. The van der Waals surface area contributed by atoms with Crippen molar-refractivity contribution in [3.63, 3.8) is 0 Å². The minimum atomic E-state index is 0. The van der Waals surface area contributed by atoms with Crippen molar-refractivity contribution in [2.45, 2.75) is 13.1 Å². The van der Waals surface area contributed by atoms with E-state index in [2.05, 4.69) is 44.1 Å². The first-order valence-corrected chi connectivity index (χ1v) is 9.85. The molecule has 30 heavy (non-hydrogen) atoms. The molecule has 0 spiro atoms. The number of imidazole rings is 1. The van der Waals surface area contributed by atoms with Gasteiger partial charge in [-0.15, -0.1) is 24.0 Å². The largest absolute Gasteiger partial charge is 0.492 e. The maximum absolute atomic E-state index is 5.89. The Balaban J connectivity index is 0.00000320. The zero-order valence-electron chi connectivity index (χ0n) is 17.2. The van der Waals surface area contributed by atoms with Crippen LogP contribution >= 0.6 is 35.6 Å². The number of rotatable bonds is 8. The van der Waals surface area contributed by atoms with Crippen LogP contribution in [0.4, 0.5) is 0 Å². The monoisotopic (exact) mass is 539 g/mol. The van der Waals surface area contributed by atoms with E-state index in [-0.39, 0.29) is 24.0 Å². The third-order valence-electron chi connectivity index (χ3n) is 4.45. The fourth-order valence-electron chi connectivity index (χ4n) is 2.93. The highest BCUT2D eigenvalue weighted by molar-refractivity contribution is 14.0. The lowest BCUT2D eigenvalue weighted by molar-refractivity contribution is 0.281. The van der Waals surface area contributed by atoms with E-state index >= 15 is 0 Å². The number of hydrogen-bond donors (Lipinski definition) is 1. The Labute approximate surface area is 200 Å². The van der Waals surface area contributed by atoms with Crippen LogP contribution in [0.1, 0.15) is 11.1 Å². The maximum atomic E-state index is 5.89. The van der Waals surface area contributed by atoms with Crippen LogP contribution in [0.3, 0.4) is 0 Å². The van der Waals surface area contributed by atoms with Crippen LogP contribution in [0.2, 0.25) is 5.02 Å². The molecular weight excluding hydrogens is 513 g/mol. The van der Waals surface area contributed by atoms with E-state index in [1.807, 2.05) is 48.7 Å². The van der Waals surface area contributed by atoms with Crippen molar-refractivity contribution < 1.29 is 4.74 Å². The van der Waals surface area contributed by atoms with E-state index in [0.717, 1.165) is 18.3 Å². The van der Waals surface area contributed by atoms with Gasteiger partial charge in [-0.1, -0.05) is 35.9 Å². The fourth-order valence-corrected chi connectivity index (χ4v) is 3.06. The normalized spacial score (nSPS) is 11.0. The second-order valence-electron chi connectivity index (χ2n) is 6.68. The highest BCUT2D eigenvalue weighted by Crippen LogP contribution is 2.15. The Hall–Kier alpha value is -2.26. The molecule has 3 rings (SSSR count). The highest BCUT2D eigenvalue weighted by Gasteiger charge is 2.06. The average Bonchev–Trinajstić information content (AvgIpc) is 3.23. The number of nitrogens with zero attached hydrogens (tertiary/aromatic N) is 4. The van der Waals surface area contributed by atoms with Gasteiger partial charge < -0.3 is 19.5 Å². The Morgan fingerprint density at radius 2 is 1.97 bits per heavy atom. The molecule has 3 aromatic rings. The van der Waals surface area contributed by atoms with E-state index in [0.29, 0.717) is 24.7 Å². The van der Waals surface area contributed by atoms with E-state index in [9.17, 15) is 0 Å². The summed E-state index contributed by atoms with van der Waals surface area (Å²) in [5, 5.41) is 4.11. The minimum absolute atomic E-state index is 0. The quantitative estimate of drug-likeness (QED) is 0.264. The van der Waals surface area contributed by atoms with Crippen LogP contribution in [0.15, 0.2) is 72.2 Å². The minimum Gasteiger partial charge on any atom is -0.492 e. The van der Waals surface area contributed by atoms with Crippen molar-refractivity contribution in [3.05, 3.63) is 83.4 Å². The van der Waals surface area contributed by atoms with Gasteiger partial charge in [0, 0.05) is 44.6 Å². The third kappa shape index (κ3) is 7.53. The second kappa shape index (κ2) is 12.4. The summed E-state index contributed by atoms with van der Waals surface area (Å²) in [5.41, 5.74) is 2.44. The zero-order valence-corrected chi connectivity index (χ0v) is 20.2. The van der Waals surface area contributed by atoms with Gasteiger partial charge in [0.25, 0.3) is 0 Å². The molecule has 1 heterocycles. The van der Waals surface area contributed by atoms with E-state index < -0.39 is 0 Å². The summed E-state index contributed by atoms with van der Waals surface area (Å²) in [5.74, 6) is 1.63. The first-order valence-electron chi connectivity index (χ1n) is 9.48. The zero-order chi connectivity index (χ0) is 20.5. The molecule has 0 atom stereocenters. The van der Waals surface area contributed by atoms with Crippen LogP contribution in [0.5, 0.6) is 5.75 Å². The van der Waals surface area contributed by atoms with Gasteiger partial charge in [-0.25, -0.2) is 4.98 Å². The molecule has 1 N–H and O–H groups in total. The molecule has 6 nitrogen and oxygen atoms in total. The van der Waals surface area contributed by atoms with Crippen LogP contribution in [0, 0.1) is 0 Å². The number of aliphatic imine (C=N–C) groups is 1. The Kier molecular flexibility index (Phi) is 9.96. The van der Waals surface area contributed by atoms with Crippen molar-refractivity contribution in [3.8, 4) is 5.75 Å². The molecule has 0 radical (unpaired) electrons. The van der Waals surface area contributed by atoms with E-state index in [1.165, 1.54) is 11.1 Å². The lowest BCUT2D eigenvalue weighted by Gasteiger charge is -2.22. The number of benzene rings is 2. The van der Waals surface area contributed by atoms with E-state index in [1.54, 1.807) is 13.2 Å². The predicted octanol–water partition coefficient (Wildman–Crippen LogP) is 4.29. The topological polar surface area (TPSA) is 54.7 Å². The van der Waals surface area contributed by atoms with Crippen LogP contribution in [-0.2, 0) is 13.1 Å². The number of hydrogen-bond acceptors (Lipinski definition) is 3. The number of likely N-dealkylation sites (N-methyl/N-ethyl adjacent to an activating group) is 1. The van der Waals surface area contributed by atoms with Crippen LogP contribution in [-0.4, -0.2) is 47.7 Å². The summed E-state index contributed by atoms with van der Waals surface area (Å²) in [6.45, 7) is 2.78. The van der Waals surface area contributed by atoms with Crippen LogP contribution < -0.4 is 10.1 Å². The first-order chi connectivity index (χ1) is 14.1. The molecule has 2 aromatic carbocycles. The Bertz CT molecular complexity index is 916. The summed E-state index contributed by atoms with van der Waals surface area (Å²) < 4.78 is 7.82. The predicted molar refractivity (Wildman–Crippen MR) is 133 cm³/mol. The Morgan fingerprint density at radius 3 is 2.67 bits per heavy atom. The van der Waals surface area contributed by atoms with Crippen molar-refractivity contribution in [2.75, 3.05) is 27.2 Å². The van der Waals surface area contributed by atoms with Gasteiger partial charge >= 0.3 is 0 Å². The average molecular weight is 540 g/mol. The number of aromatic nitrogens is 2. The smallest absolute Gasteiger partial charge is 0.193 e. The van der Waals surface area contributed by atoms with Crippen LogP contribution in [0.25, 0.3) is 0 Å². The summed E-state index contributed by atoms with van der Waals surface area (Å²) in [6.07, 6.45) is 5.59. The molecule has 0 bridgehead atoms. The van der Waals surface area contributed by atoms with Crippen molar-refractivity contribution in [1.29, 1.82) is 0 Å². The molecule has 0 saturated heterocycles. The summed E-state index contributed by atoms with van der Waals surface area (Å²) in [7, 11) is 3.78. The molecule has 0 amide bonds. The molecule has 0 fully saturated rings. The third-order valence-corrected chi connectivity index (χ3v) is 4.70. The number of ether oxygens (including phenoxy) is 1. The van der Waals surface area contributed by atoms with Gasteiger partial charge in [-0.3, -0.25) is 4.99 Å². The summed E-state index contributed by atoms with van der Waals surface area (Å²) >= 11 is 5.89. The van der Waals surface area contributed by atoms with Gasteiger partial charge in [-0.2, -0.15) is 0 Å². The molecule has 0 aliphatic heterocycles. The second-order valence-corrected chi connectivity index (χ2v) is 7.12. The molecular formula is C22H27ClIN5O. The summed E-state index contributed by atoms with van der Waals surface area (Å²) in [6, 6.07) is 15.9. The van der Waals surface area contributed by atoms with Gasteiger partial charge in [-0.05, 0) is 35.4 Å². The number of halogens is 2. The van der Waals surface area contributed by atoms with Gasteiger partial charge in [0.05, 0.1) is 12.9 Å². The standard InChI is InChI=1S/C22H26ClN5O.HI/c1-24-22(27(2)12-13-29-21-8-6-20(23)7-9-21)26-15-18-4-3-5-19(14-18)16-28-11-10-25-17-28;/h3-11,14,17H,12-13,15-16H2,1-2H3,(H,24,26);1H. The van der Waals surface area contributed by atoms with Crippen molar-refractivity contribution in [2.24, 2.45) is 4.99 Å². The van der Waals surface area contributed by atoms with Crippen molar-refractivity contribution in [1.82, 2.24) is 19.8 Å². The lowest BCUT2D eigenvalue weighted by atomic mass is 10.1. The molecule has 0 aliphatic rings. The van der Waals surface area contributed by atoms with E-state index in [4.69, 9.17) is 16.3 Å². The van der Waals surface area contributed by atoms with Gasteiger partial charge in [0.2, 0.25) is 0 Å². The van der Waals surface area contributed by atoms with Crippen molar-refractivity contribution >= 4 is 41.5 Å². The SMILES string of the molecule is CN=C(NCc1cccc(Cn2ccnc2)c1)N(C)CCOc1ccc(Cl)cc1.I. The molecule has 1 aromatic heterocycles. The van der Waals surface area contributed by atoms with Gasteiger partial charge in [0.15, 0.2) is 5.96 Å². The molecule has 0 unspecified atom stereocenters. The highest BCUT2D eigenvalue weighted by atomic mass is 127. The first kappa shape index (κ1) is 24.0. The number of guanidine groups is 1. The molecule has 0 saturated carbocycles. The molecule has 8 heteroatoms. The molecule has 160 valence electrons. The van der Waals surface area contributed by atoms with Gasteiger partial charge in [0.1, 0.15) is 12.4 Å². The number of nitrogens with one attached hydrogen (secondary N) is 1.